The Hall–Kier alpha value is -1.93. The highest BCUT2D eigenvalue weighted by Gasteiger charge is 2.40. The van der Waals surface area contributed by atoms with E-state index in [9.17, 15) is 24.9 Å². The van der Waals surface area contributed by atoms with E-state index in [-0.39, 0.29) is 44.1 Å². The standard InChI is InChI=1S/C31H49IN2O8/c1-5-6-7-8-9-11-28(37)34(13-10-15-41-21(2)3)25-18-23(31(39)33-12-14-35)19-26(29(25)38)42-30-24(32)16-22(20-36)17-27(30)40-4/h16-17,19,21,25-26,29,35-36,38H,5-15,18,20H2,1-4H3,(H,33,39)/t25-,26+,29+/m1/s1. The van der Waals surface area contributed by atoms with Crippen molar-refractivity contribution in [2.45, 2.75) is 103 Å². The van der Waals surface area contributed by atoms with E-state index in [2.05, 4.69) is 34.8 Å². The molecule has 0 unspecified atom stereocenters. The van der Waals surface area contributed by atoms with Crippen molar-refractivity contribution in [1.82, 2.24) is 10.2 Å². The molecule has 0 radical (unpaired) electrons. The van der Waals surface area contributed by atoms with Crippen molar-refractivity contribution >= 4 is 34.4 Å². The number of methoxy groups -OCH3 is 1. The van der Waals surface area contributed by atoms with Crippen molar-refractivity contribution in [2.75, 3.05) is 33.4 Å². The molecule has 0 spiro atoms. The molecule has 0 heterocycles. The first-order valence-electron chi connectivity index (χ1n) is 15.0. The molecule has 2 amide bonds. The Kier molecular flexibility index (Phi) is 16.7. The lowest BCUT2D eigenvalue weighted by atomic mass is 9.87. The minimum Gasteiger partial charge on any atom is -0.493 e. The molecule has 1 aliphatic rings. The van der Waals surface area contributed by atoms with E-state index >= 15 is 0 Å². The Morgan fingerprint density at radius 1 is 1.14 bits per heavy atom. The second-order valence-corrected chi connectivity index (χ2v) is 12.0. The molecule has 42 heavy (non-hydrogen) atoms. The Morgan fingerprint density at radius 2 is 1.88 bits per heavy atom. The maximum atomic E-state index is 13.6. The number of hydrogen-bond acceptors (Lipinski definition) is 8. The predicted octanol–water partition coefficient (Wildman–Crippen LogP) is 3.71. The predicted molar refractivity (Wildman–Crippen MR) is 169 cm³/mol. The van der Waals surface area contributed by atoms with Crippen molar-refractivity contribution in [2.24, 2.45) is 0 Å². The van der Waals surface area contributed by atoms with Gasteiger partial charge in [0.05, 0.1) is 36.0 Å². The molecule has 4 N–H and O–H groups in total. The summed E-state index contributed by atoms with van der Waals surface area (Å²) >= 11 is 2.08. The third-order valence-corrected chi connectivity index (χ3v) is 7.95. The fraction of sp³-hybridized carbons (Fsp3) is 0.677. The molecule has 10 nitrogen and oxygen atoms in total. The summed E-state index contributed by atoms with van der Waals surface area (Å²) in [5.74, 6) is 0.286. The van der Waals surface area contributed by atoms with Gasteiger partial charge < -0.3 is 39.7 Å². The second-order valence-electron chi connectivity index (χ2n) is 10.8. The summed E-state index contributed by atoms with van der Waals surface area (Å²) in [6.07, 6.45) is 5.65. The molecule has 238 valence electrons. The van der Waals surface area contributed by atoms with E-state index in [0.29, 0.717) is 52.2 Å². The molecule has 0 bridgehead atoms. The van der Waals surface area contributed by atoms with Crippen LogP contribution in [0.2, 0.25) is 0 Å². The van der Waals surface area contributed by atoms with Crippen molar-refractivity contribution < 1.29 is 39.1 Å². The molecule has 2 rings (SSSR count). The van der Waals surface area contributed by atoms with Gasteiger partial charge in [0.25, 0.3) is 0 Å². The fourth-order valence-corrected chi connectivity index (χ4v) is 5.74. The van der Waals surface area contributed by atoms with Crippen LogP contribution in [0.25, 0.3) is 0 Å². The molecular weight excluding hydrogens is 655 g/mol. The van der Waals surface area contributed by atoms with Crippen molar-refractivity contribution in [3.63, 3.8) is 0 Å². The van der Waals surface area contributed by atoms with Crippen LogP contribution in [0.3, 0.4) is 0 Å². The number of aliphatic hydroxyl groups excluding tert-OH is 3. The maximum absolute atomic E-state index is 13.6. The number of hydrogen-bond donors (Lipinski definition) is 4. The average Bonchev–Trinajstić information content (AvgIpc) is 2.97. The number of carbonyl (C=O) groups excluding carboxylic acids is 2. The molecule has 1 aromatic carbocycles. The zero-order valence-electron chi connectivity index (χ0n) is 25.4. The minimum absolute atomic E-state index is 0.0604. The molecular formula is C31H49IN2O8. The largest absolute Gasteiger partial charge is 0.493 e. The number of unbranched alkanes of at least 4 members (excludes halogenated alkanes) is 4. The summed E-state index contributed by atoms with van der Waals surface area (Å²) in [4.78, 5) is 28.4. The van der Waals surface area contributed by atoms with E-state index in [1.54, 1.807) is 23.1 Å². The van der Waals surface area contributed by atoms with Crippen LogP contribution in [-0.2, 0) is 20.9 Å². The summed E-state index contributed by atoms with van der Waals surface area (Å²) in [7, 11) is 1.49. The van der Waals surface area contributed by atoms with Crippen LogP contribution in [0.5, 0.6) is 11.5 Å². The molecule has 0 aliphatic heterocycles. The SMILES string of the molecule is CCCCCCCC(=O)N(CCCOC(C)C)[C@@H]1CC(C(=O)NCCO)=C[C@H](Oc2c(I)cc(CO)cc2OC)[C@H]1O. The number of rotatable bonds is 19. The van der Waals surface area contributed by atoms with Gasteiger partial charge in [0.15, 0.2) is 11.5 Å². The lowest BCUT2D eigenvalue weighted by Gasteiger charge is -2.41. The van der Waals surface area contributed by atoms with Crippen molar-refractivity contribution in [3.05, 3.63) is 32.9 Å². The molecule has 11 heteroatoms. The van der Waals surface area contributed by atoms with Gasteiger partial charge in [-0.2, -0.15) is 0 Å². The Labute approximate surface area is 263 Å². The molecule has 0 fully saturated rings. The summed E-state index contributed by atoms with van der Waals surface area (Å²) in [6, 6.07) is 2.70. The lowest BCUT2D eigenvalue weighted by Crippen LogP contribution is -2.55. The molecule has 0 aromatic heterocycles. The van der Waals surface area contributed by atoms with E-state index in [0.717, 1.165) is 32.1 Å². The van der Waals surface area contributed by atoms with Gasteiger partial charge in [-0.05, 0) is 73.1 Å². The quantitative estimate of drug-likeness (QED) is 0.126. The zero-order chi connectivity index (χ0) is 31.1. The number of nitrogens with one attached hydrogen (secondary N) is 1. The van der Waals surface area contributed by atoms with Gasteiger partial charge in [-0.15, -0.1) is 0 Å². The van der Waals surface area contributed by atoms with Crippen LogP contribution in [-0.4, -0.2) is 89.8 Å². The van der Waals surface area contributed by atoms with Crippen LogP contribution in [0, 0.1) is 3.57 Å². The van der Waals surface area contributed by atoms with E-state index < -0.39 is 18.2 Å². The average molecular weight is 705 g/mol. The lowest BCUT2D eigenvalue weighted by molar-refractivity contribution is -0.139. The first-order valence-corrected chi connectivity index (χ1v) is 16.1. The number of benzene rings is 1. The van der Waals surface area contributed by atoms with Crippen LogP contribution >= 0.6 is 22.6 Å². The molecule has 1 aromatic rings. The number of nitrogens with zero attached hydrogens (tertiary/aromatic N) is 1. The third-order valence-electron chi connectivity index (χ3n) is 7.15. The zero-order valence-corrected chi connectivity index (χ0v) is 27.6. The second kappa shape index (κ2) is 19.4. The summed E-state index contributed by atoms with van der Waals surface area (Å²) < 4.78 is 18.2. The summed E-state index contributed by atoms with van der Waals surface area (Å²) in [5, 5.41) is 33.2. The van der Waals surface area contributed by atoms with Gasteiger partial charge in [0.1, 0.15) is 12.2 Å². The Morgan fingerprint density at radius 3 is 2.52 bits per heavy atom. The van der Waals surface area contributed by atoms with E-state index in [4.69, 9.17) is 14.2 Å². The first-order chi connectivity index (χ1) is 20.2. The topological polar surface area (TPSA) is 138 Å². The highest BCUT2D eigenvalue weighted by atomic mass is 127. The van der Waals surface area contributed by atoms with Crippen LogP contribution < -0.4 is 14.8 Å². The first kappa shape index (κ1) is 36.3. The van der Waals surface area contributed by atoms with Gasteiger partial charge >= 0.3 is 0 Å². The summed E-state index contributed by atoms with van der Waals surface area (Å²) in [5.41, 5.74) is 1.01. The molecule has 0 saturated carbocycles. The minimum atomic E-state index is -1.13. The van der Waals surface area contributed by atoms with Gasteiger partial charge in [-0.3, -0.25) is 9.59 Å². The number of halogens is 1. The van der Waals surface area contributed by atoms with Gasteiger partial charge in [-0.25, -0.2) is 0 Å². The van der Waals surface area contributed by atoms with Gasteiger partial charge in [0.2, 0.25) is 11.8 Å². The van der Waals surface area contributed by atoms with Crippen LogP contribution in [0.1, 0.15) is 77.7 Å². The molecule has 1 aliphatic carbocycles. The van der Waals surface area contributed by atoms with Crippen molar-refractivity contribution in [3.8, 4) is 11.5 Å². The maximum Gasteiger partial charge on any atom is 0.247 e. The van der Waals surface area contributed by atoms with Crippen molar-refractivity contribution in [1.29, 1.82) is 0 Å². The summed E-state index contributed by atoms with van der Waals surface area (Å²) in [6.45, 7) is 6.58. The molecule has 0 saturated heterocycles. The Balaban J connectivity index is 2.40. The highest BCUT2D eigenvalue weighted by Crippen LogP contribution is 2.37. The van der Waals surface area contributed by atoms with Crippen LogP contribution in [0.15, 0.2) is 23.8 Å². The number of amides is 2. The number of aliphatic hydroxyl groups is 3. The third kappa shape index (κ3) is 11.3. The van der Waals surface area contributed by atoms with Gasteiger partial charge in [-0.1, -0.05) is 32.6 Å². The Bertz CT molecular complexity index is 1020. The number of ether oxygens (including phenoxy) is 3. The fourth-order valence-electron chi connectivity index (χ4n) is 4.95. The van der Waals surface area contributed by atoms with Gasteiger partial charge in [0, 0.05) is 38.1 Å². The number of carbonyl (C=O) groups is 2. The monoisotopic (exact) mass is 704 g/mol. The smallest absolute Gasteiger partial charge is 0.247 e. The van der Waals surface area contributed by atoms with E-state index in [1.807, 2.05) is 13.8 Å². The highest BCUT2D eigenvalue weighted by molar-refractivity contribution is 14.1. The van der Waals surface area contributed by atoms with E-state index in [1.165, 1.54) is 7.11 Å². The normalized spacial score (nSPS) is 18.5. The molecule has 3 atom stereocenters. The van der Waals surface area contributed by atoms with Crippen LogP contribution in [0.4, 0.5) is 0 Å².